The van der Waals surface area contributed by atoms with E-state index in [1.54, 1.807) is 103 Å². The highest BCUT2D eigenvalue weighted by Crippen LogP contribution is 2.32. The Balaban J connectivity index is 1.86. The number of nitrogens with two attached hydrogens (primary N) is 1. The SMILES string of the molecule is CCC1(c2ccc(C(=N)N)cc2)NC(=O)N(CC(=O)N[C@@H](CC(=O)OC(C)(C)C)C(=O)N[C@H](C(=O)OC(C)(C)C)c2ccccc2)C1=O. The summed E-state index contributed by atoms with van der Waals surface area (Å²) in [6, 6.07) is 10.8. The topological polar surface area (TPSA) is 210 Å². The van der Waals surface area contributed by atoms with E-state index in [1.807, 2.05) is 0 Å². The number of amides is 5. The standard InChI is InChI=1S/C34H44N6O8/c1-8-34(22-16-14-21(15-17-22)27(35)36)30(45)40(31(46)39-34)19-24(41)37-23(18-25(42)47-32(2,3)4)28(43)38-26(20-12-10-9-11-13-20)29(44)48-33(5,6)7/h9-17,23,26H,8,18-19H2,1-7H3,(H3,35,36)(H,37,41)(H,38,43)(H,39,46)/t23-,26-,34?/m0/s1. The highest BCUT2D eigenvalue weighted by molar-refractivity contribution is 6.09. The van der Waals surface area contributed by atoms with Gasteiger partial charge in [0, 0.05) is 5.56 Å². The molecule has 0 radical (unpaired) electrons. The maximum Gasteiger partial charge on any atom is 0.333 e. The van der Waals surface area contributed by atoms with Gasteiger partial charge in [0.1, 0.15) is 35.2 Å². The van der Waals surface area contributed by atoms with Crippen molar-refractivity contribution in [3.63, 3.8) is 0 Å². The molecule has 0 bridgehead atoms. The van der Waals surface area contributed by atoms with Crippen molar-refractivity contribution >= 4 is 41.5 Å². The molecule has 14 heteroatoms. The molecule has 3 rings (SSSR count). The lowest BCUT2D eigenvalue weighted by atomic mass is 9.86. The van der Waals surface area contributed by atoms with Crippen molar-refractivity contribution in [3.8, 4) is 0 Å². The quantitative estimate of drug-likeness (QED) is 0.0976. The summed E-state index contributed by atoms with van der Waals surface area (Å²) in [6.07, 6.45) is -0.476. The van der Waals surface area contributed by atoms with Gasteiger partial charge in [-0.25, -0.2) is 9.59 Å². The molecule has 14 nitrogen and oxygen atoms in total. The fourth-order valence-electron chi connectivity index (χ4n) is 5.01. The van der Waals surface area contributed by atoms with Crippen LogP contribution in [0.5, 0.6) is 0 Å². The van der Waals surface area contributed by atoms with E-state index in [-0.39, 0.29) is 12.3 Å². The van der Waals surface area contributed by atoms with Gasteiger partial charge < -0.3 is 31.2 Å². The van der Waals surface area contributed by atoms with E-state index in [2.05, 4.69) is 16.0 Å². The van der Waals surface area contributed by atoms with Crippen molar-refractivity contribution in [2.24, 2.45) is 5.73 Å². The zero-order chi connectivity index (χ0) is 36.0. The maximum absolute atomic E-state index is 13.7. The summed E-state index contributed by atoms with van der Waals surface area (Å²) >= 11 is 0. The summed E-state index contributed by atoms with van der Waals surface area (Å²) in [5.74, 6) is -4.28. The largest absolute Gasteiger partial charge is 0.460 e. The Bertz CT molecular complexity index is 1560. The molecule has 1 saturated heterocycles. The zero-order valence-corrected chi connectivity index (χ0v) is 28.3. The van der Waals surface area contributed by atoms with Gasteiger partial charge in [0.15, 0.2) is 6.04 Å². The number of esters is 2. The lowest BCUT2D eigenvalue weighted by Gasteiger charge is -2.27. The third kappa shape index (κ3) is 9.39. The second-order valence-electron chi connectivity index (χ2n) is 13.4. The van der Waals surface area contributed by atoms with Gasteiger partial charge >= 0.3 is 18.0 Å². The van der Waals surface area contributed by atoms with Crippen LogP contribution in [0.3, 0.4) is 0 Å². The lowest BCUT2D eigenvalue weighted by Crippen LogP contribution is -2.53. The van der Waals surface area contributed by atoms with Gasteiger partial charge in [-0.15, -0.1) is 0 Å². The van der Waals surface area contributed by atoms with E-state index < -0.39 is 77.5 Å². The zero-order valence-electron chi connectivity index (χ0n) is 28.3. The molecule has 0 spiro atoms. The lowest BCUT2D eigenvalue weighted by molar-refractivity contribution is -0.159. The summed E-state index contributed by atoms with van der Waals surface area (Å²) < 4.78 is 10.9. The molecule has 1 heterocycles. The molecule has 0 saturated carbocycles. The van der Waals surface area contributed by atoms with Crippen molar-refractivity contribution < 1.29 is 38.2 Å². The van der Waals surface area contributed by atoms with Crippen LogP contribution in [0.4, 0.5) is 4.79 Å². The van der Waals surface area contributed by atoms with E-state index >= 15 is 0 Å². The van der Waals surface area contributed by atoms with E-state index in [9.17, 15) is 28.8 Å². The molecule has 0 aliphatic carbocycles. The first-order valence-electron chi connectivity index (χ1n) is 15.4. The molecule has 2 aromatic rings. The number of urea groups is 1. The highest BCUT2D eigenvalue weighted by Gasteiger charge is 2.51. The van der Waals surface area contributed by atoms with Crippen molar-refractivity contribution in [3.05, 3.63) is 71.3 Å². The Morgan fingerprint density at radius 2 is 1.50 bits per heavy atom. The number of carbonyl (C=O) groups excluding carboxylic acids is 6. The Labute approximate surface area is 279 Å². The van der Waals surface area contributed by atoms with Crippen molar-refractivity contribution in [1.82, 2.24) is 20.9 Å². The molecule has 6 N–H and O–H groups in total. The second-order valence-corrected chi connectivity index (χ2v) is 13.4. The highest BCUT2D eigenvalue weighted by atomic mass is 16.6. The first-order chi connectivity index (χ1) is 22.3. The summed E-state index contributed by atoms with van der Waals surface area (Å²) in [5, 5.41) is 15.3. The molecule has 0 aromatic heterocycles. The van der Waals surface area contributed by atoms with E-state index in [0.29, 0.717) is 21.6 Å². The molecule has 1 aliphatic heterocycles. The number of nitrogen functional groups attached to an aromatic ring is 1. The molecular weight excluding hydrogens is 620 g/mol. The molecule has 1 unspecified atom stereocenters. The minimum Gasteiger partial charge on any atom is -0.460 e. The van der Waals surface area contributed by atoms with Crippen molar-refractivity contribution in [2.45, 2.75) is 90.1 Å². The minimum atomic E-state index is -1.56. The Morgan fingerprint density at radius 3 is 2.02 bits per heavy atom. The van der Waals surface area contributed by atoms with Crippen LogP contribution < -0.4 is 21.7 Å². The molecule has 5 amide bonds. The molecule has 48 heavy (non-hydrogen) atoms. The Kier molecular flexibility index (Phi) is 11.4. The first kappa shape index (κ1) is 37.2. The van der Waals surface area contributed by atoms with Crippen molar-refractivity contribution in [1.29, 1.82) is 5.41 Å². The number of amidine groups is 1. The predicted molar refractivity (Wildman–Crippen MR) is 175 cm³/mol. The van der Waals surface area contributed by atoms with Gasteiger partial charge in [0.2, 0.25) is 11.8 Å². The molecule has 1 fully saturated rings. The normalized spacial score (nSPS) is 17.5. The van der Waals surface area contributed by atoms with Crippen LogP contribution in [0.15, 0.2) is 54.6 Å². The summed E-state index contributed by atoms with van der Waals surface area (Å²) in [7, 11) is 0. The Hall–Kier alpha value is -5.27. The number of imide groups is 1. The van der Waals surface area contributed by atoms with Gasteiger partial charge in [0.25, 0.3) is 5.91 Å². The number of hydrogen-bond donors (Lipinski definition) is 5. The predicted octanol–water partition coefficient (Wildman–Crippen LogP) is 2.54. The van der Waals surface area contributed by atoms with Gasteiger partial charge in [-0.1, -0.05) is 61.5 Å². The van der Waals surface area contributed by atoms with Crippen LogP contribution in [-0.4, -0.2) is 70.2 Å². The number of nitrogens with one attached hydrogen (secondary N) is 4. The van der Waals surface area contributed by atoms with Gasteiger partial charge in [-0.05, 0) is 59.1 Å². The van der Waals surface area contributed by atoms with Gasteiger partial charge in [-0.3, -0.25) is 29.5 Å². The second kappa shape index (κ2) is 14.7. The van der Waals surface area contributed by atoms with Crippen LogP contribution in [0.2, 0.25) is 0 Å². The van der Waals surface area contributed by atoms with Crippen LogP contribution in [0, 0.1) is 5.41 Å². The van der Waals surface area contributed by atoms with Gasteiger partial charge in [0.05, 0.1) is 6.42 Å². The molecule has 258 valence electrons. The van der Waals surface area contributed by atoms with E-state index in [4.69, 9.17) is 20.6 Å². The number of hydrogen-bond acceptors (Lipinski definition) is 9. The molecule has 1 aliphatic rings. The maximum atomic E-state index is 13.7. The summed E-state index contributed by atoms with van der Waals surface area (Å²) in [5.41, 5.74) is 3.50. The minimum absolute atomic E-state index is 0.143. The number of benzene rings is 2. The average molecular weight is 665 g/mol. The first-order valence-corrected chi connectivity index (χ1v) is 15.4. The van der Waals surface area contributed by atoms with Crippen LogP contribution in [-0.2, 0) is 39.0 Å². The van der Waals surface area contributed by atoms with Crippen LogP contribution >= 0.6 is 0 Å². The third-order valence-corrected chi connectivity index (χ3v) is 7.20. The molecule has 2 aromatic carbocycles. The number of nitrogens with zero attached hydrogens (tertiary/aromatic N) is 1. The molecule has 3 atom stereocenters. The number of ether oxygens (including phenoxy) is 2. The van der Waals surface area contributed by atoms with E-state index in [0.717, 1.165) is 0 Å². The van der Waals surface area contributed by atoms with Crippen LogP contribution in [0.25, 0.3) is 0 Å². The Morgan fingerprint density at radius 1 is 0.917 bits per heavy atom. The smallest absolute Gasteiger partial charge is 0.333 e. The summed E-state index contributed by atoms with van der Waals surface area (Å²) in [4.78, 5) is 80.5. The number of rotatable bonds is 12. The fourth-order valence-corrected chi connectivity index (χ4v) is 5.01. The molecular formula is C34H44N6O8. The monoisotopic (exact) mass is 664 g/mol. The van der Waals surface area contributed by atoms with E-state index in [1.165, 1.54) is 0 Å². The average Bonchev–Trinajstić information content (AvgIpc) is 3.23. The fraction of sp³-hybridized carbons (Fsp3) is 0.441. The summed E-state index contributed by atoms with van der Waals surface area (Å²) in [6.45, 7) is 10.8. The third-order valence-electron chi connectivity index (χ3n) is 7.20. The van der Waals surface area contributed by atoms with Crippen molar-refractivity contribution in [2.75, 3.05) is 6.54 Å². The van der Waals surface area contributed by atoms with Crippen LogP contribution in [0.1, 0.15) is 84.0 Å². The van der Waals surface area contributed by atoms with Gasteiger partial charge in [-0.2, -0.15) is 0 Å². The number of carbonyl (C=O) groups is 6.